The summed E-state index contributed by atoms with van der Waals surface area (Å²) >= 11 is 0. The number of amides is 1. The fraction of sp³-hybridized carbons (Fsp3) is 0.381. The highest BCUT2D eigenvalue weighted by molar-refractivity contribution is 5.94. The number of rotatable bonds is 3. The van der Waals surface area contributed by atoms with Gasteiger partial charge in [0.25, 0.3) is 5.91 Å². The maximum Gasteiger partial charge on any atom is 0.251 e. The number of fused-ring (bicyclic) bond motifs is 2. The molecule has 2 aromatic carbocycles. The Kier molecular flexibility index (Phi) is 4.59. The van der Waals surface area contributed by atoms with Crippen LogP contribution in [0.5, 0.6) is 11.5 Å². The summed E-state index contributed by atoms with van der Waals surface area (Å²) in [7, 11) is 0. The Morgan fingerprint density at radius 3 is 2.56 bits per heavy atom. The largest absolute Gasteiger partial charge is 0.490 e. The molecule has 0 atom stereocenters. The van der Waals surface area contributed by atoms with Crippen LogP contribution in [0, 0.1) is 0 Å². The van der Waals surface area contributed by atoms with Crippen LogP contribution in [0.1, 0.15) is 46.3 Å². The minimum Gasteiger partial charge on any atom is -0.490 e. The summed E-state index contributed by atoms with van der Waals surface area (Å²) in [6.07, 6.45) is 5.57. The van der Waals surface area contributed by atoms with Gasteiger partial charge in [0.2, 0.25) is 0 Å². The molecule has 0 spiro atoms. The molecule has 4 heteroatoms. The number of hydrogen-bond acceptors (Lipinski definition) is 3. The van der Waals surface area contributed by atoms with E-state index in [2.05, 4.69) is 17.4 Å². The number of aryl methyl sites for hydroxylation is 2. The van der Waals surface area contributed by atoms with Crippen molar-refractivity contribution in [1.29, 1.82) is 0 Å². The van der Waals surface area contributed by atoms with Gasteiger partial charge in [-0.25, -0.2) is 0 Å². The van der Waals surface area contributed by atoms with E-state index in [0.29, 0.717) is 19.8 Å². The predicted octanol–water partition coefficient (Wildman–Crippen LogP) is 3.66. The highest BCUT2D eigenvalue weighted by atomic mass is 16.5. The van der Waals surface area contributed by atoms with Gasteiger partial charge in [-0.2, -0.15) is 0 Å². The van der Waals surface area contributed by atoms with Crippen LogP contribution in [0.3, 0.4) is 0 Å². The first-order valence-corrected chi connectivity index (χ1v) is 9.08. The van der Waals surface area contributed by atoms with E-state index < -0.39 is 0 Å². The van der Waals surface area contributed by atoms with E-state index in [1.807, 2.05) is 24.3 Å². The molecule has 2 aliphatic rings. The molecule has 1 heterocycles. The Bertz CT molecular complexity index is 785. The van der Waals surface area contributed by atoms with Gasteiger partial charge in [-0.05, 0) is 66.6 Å². The molecule has 4 nitrogen and oxygen atoms in total. The van der Waals surface area contributed by atoms with E-state index in [4.69, 9.17) is 9.47 Å². The maximum atomic E-state index is 12.5. The Balaban J connectivity index is 1.42. The highest BCUT2D eigenvalue weighted by Gasteiger charge is 2.14. The van der Waals surface area contributed by atoms with Crippen molar-refractivity contribution < 1.29 is 14.3 Å². The molecule has 0 bridgehead atoms. The van der Waals surface area contributed by atoms with Gasteiger partial charge in [0.1, 0.15) is 0 Å². The van der Waals surface area contributed by atoms with Crippen LogP contribution >= 0.6 is 0 Å². The van der Waals surface area contributed by atoms with Crippen LogP contribution in [0.25, 0.3) is 0 Å². The third-order valence-electron chi connectivity index (χ3n) is 4.88. The Morgan fingerprint density at radius 1 is 0.880 bits per heavy atom. The average Bonchev–Trinajstić information content (AvgIpc) is 2.90. The lowest BCUT2D eigenvalue weighted by Gasteiger charge is -2.16. The van der Waals surface area contributed by atoms with Gasteiger partial charge in [-0.15, -0.1) is 0 Å². The van der Waals surface area contributed by atoms with Gasteiger partial charge in [-0.3, -0.25) is 4.79 Å². The Morgan fingerprint density at radius 2 is 1.68 bits per heavy atom. The molecule has 0 saturated heterocycles. The molecular weight excluding hydrogens is 314 g/mol. The highest BCUT2D eigenvalue weighted by Crippen LogP contribution is 2.30. The molecule has 0 fully saturated rings. The first-order chi connectivity index (χ1) is 12.3. The van der Waals surface area contributed by atoms with E-state index in [9.17, 15) is 4.79 Å². The standard InChI is InChI=1S/C21H23NO3/c23-21(18-8-7-16-4-1-2-5-17(16)13-18)22-14-15-6-9-19-20(12-15)25-11-3-10-24-19/h6-9,12-13H,1-5,10-11,14H2,(H,22,23). The second kappa shape index (κ2) is 7.18. The lowest BCUT2D eigenvalue weighted by molar-refractivity contribution is 0.0950. The lowest BCUT2D eigenvalue weighted by atomic mass is 9.90. The molecule has 0 unspecified atom stereocenters. The van der Waals surface area contributed by atoms with Crippen LogP contribution in [-0.4, -0.2) is 19.1 Å². The summed E-state index contributed by atoms with van der Waals surface area (Å²) in [4.78, 5) is 12.5. The molecule has 25 heavy (non-hydrogen) atoms. The average molecular weight is 337 g/mol. The van der Waals surface area contributed by atoms with Crippen molar-refractivity contribution in [3.05, 3.63) is 58.7 Å². The van der Waals surface area contributed by atoms with Gasteiger partial charge >= 0.3 is 0 Å². The number of carbonyl (C=O) groups is 1. The van der Waals surface area contributed by atoms with Crippen LogP contribution < -0.4 is 14.8 Å². The summed E-state index contributed by atoms with van der Waals surface area (Å²) in [6.45, 7) is 1.83. The van der Waals surface area contributed by atoms with Crippen LogP contribution in [0.4, 0.5) is 0 Å². The third-order valence-corrected chi connectivity index (χ3v) is 4.88. The third kappa shape index (κ3) is 3.63. The van der Waals surface area contributed by atoms with Gasteiger partial charge in [0, 0.05) is 18.5 Å². The molecule has 1 aliphatic heterocycles. The molecule has 1 N–H and O–H groups in total. The van der Waals surface area contributed by atoms with E-state index in [1.165, 1.54) is 24.0 Å². The zero-order valence-corrected chi connectivity index (χ0v) is 14.3. The van der Waals surface area contributed by atoms with Crippen molar-refractivity contribution in [2.45, 2.75) is 38.6 Å². The van der Waals surface area contributed by atoms with Gasteiger partial charge in [0.15, 0.2) is 11.5 Å². The topological polar surface area (TPSA) is 47.6 Å². The summed E-state index contributed by atoms with van der Waals surface area (Å²) < 4.78 is 11.3. The van der Waals surface area contributed by atoms with E-state index in [1.54, 1.807) is 0 Å². The van der Waals surface area contributed by atoms with E-state index in [0.717, 1.165) is 41.9 Å². The summed E-state index contributed by atoms with van der Waals surface area (Å²) in [5.74, 6) is 1.51. The summed E-state index contributed by atoms with van der Waals surface area (Å²) in [5.41, 5.74) is 4.48. The molecule has 0 aromatic heterocycles. The predicted molar refractivity (Wildman–Crippen MR) is 96.3 cm³/mol. The minimum absolute atomic E-state index is 0.0273. The van der Waals surface area contributed by atoms with Crippen LogP contribution in [-0.2, 0) is 19.4 Å². The fourth-order valence-electron chi connectivity index (χ4n) is 3.48. The SMILES string of the molecule is O=C(NCc1ccc2c(c1)OCCCO2)c1ccc2c(c1)CCCC2. The van der Waals surface area contributed by atoms with Crippen molar-refractivity contribution in [3.63, 3.8) is 0 Å². The molecule has 1 amide bonds. The van der Waals surface area contributed by atoms with Crippen molar-refractivity contribution in [2.24, 2.45) is 0 Å². The van der Waals surface area contributed by atoms with Crippen molar-refractivity contribution >= 4 is 5.91 Å². The summed E-state index contributed by atoms with van der Waals surface area (Å²) in [5, 5.41) is 3.01. The normalized spacial score (nSPS) is 15.8. The molecular formula is C21H23NO3. The Hall–Kier alpha value is -2.49. The molecule has 130 valence electrons. The monoisotopic (exact) mass is 337 g/mol. The first kappa shape index (κ1) is 16.0. The van der Waals surface area contributed by atoms with Crippen molar-refractivity contribution in [1.82, 2.24) is 5.32 Å². The fourth-order valence-corrected chi connectivity index (χ4v) is 3.48. The van der Waals surface area contributed by atoms with E-state index in [-0.39, 0.29) is 5.91 Å². The van der Waals surface area contributed by atoms with Crippen LogP contribution in [0.2, 0.25) is 0 Å². The zero-order chi connectivity index (χ0) is 17.1. The quantitative estimate of drug-likeness (QED) is 0.930. The number of benzene rings is 2. The molecule has 0 saturated carbocycles. The van der Waals surface area contributed by atoms with Gasteiger partial charge in [0.05, 0.1) is 13.2 Å². The van der Waals surface area contributed by atoms with Crippen molar-refractivity contribution in [3.8, 4) is 11.5 Å². The summed E-state index contributed by atoms with van der Waals surface area (Å²) in [6, 6.07) is 11.9. The molecule has 1 aliphatic carbocycles. The van der Waals surface area contributed by atoms with Gasteiger partial charge < -0.3 is 14.8 Å². The van der Waals surface area contributed by atoms with Gasteiger partial charge in [-0.1, -0.05) is 12.1 Å². The second-order valence-electron chi connectivity index (χ2n) is 6.70. The maximum absolute atomic E-state index is 12.5. The number of carbonyl (C=O) groups excluding carboxylic acids is 1. The lowest BCUT2D eigenvalue weighted by Crippen LogP contribution is -2.23. The minimum atomic E-state index is -0.0273. The number of nitrogens with one attached hydrogen (secondary N) is 1. The number of ether oxygens (including phenoxy) is 2. The number of hydrogen-bond donors (Lipinski definition) is 1. The van der Waals surface area contributed by atoms with Crippen molar-refractivity contribution in [2.75, 3.05) is 13.2 Å². The van der Waals surface area contributed by atoms with Crippen LogP contribution in [0.15, 0.2) is 36.4 Å². The Labute approximate surface area is 148 Å². The zero-order valence-electron chi connectivity index (χ0n) is 14.3. The molecule has 4 rings (SSSR count). The smallest absolute Gasteiger partial charge is 0.251 e. The second-order valence-corrected chi connectivity index (χ2v) is 6.70. The van der Waals surface area contributed by atoms with E-state index >= 15 is 0 Å². The molecule has 2 aromatic rings. The molecule has 0 radical (unpaired) electrons. The first-order valence-electron chi connectivity index (χ1n) is 9.08.